The summed E-state index contributed by atoms with van der Waals surface area (Å²) in [5, 5.41) is 15.6. The number of unbranched alkanes of at least 4 members (excludes halogenated alkanes) is 3. The van der Waals surface area contributed by atoms with Gasteiger partial charge in [-0.3, -0.25) is 9.59 Å². The van der Waals surface area contributed by atoms with Crippen molar-refractivity contribution in [2.45, 2.75) is 116 Å². The molecule has 3 unspecified atom stereocenters. The lowest BCUT2D eigenvalue weighted by Crippen LogP contribution is -2.55. The maximum absolute atomic E-state index is 14.8. The zero-order valence-corrected chi connectivity index (χ0v) is 31.1. The Bertz CT molecular complexity index is 1550. The summed E-state index contributed by atoms with van der Waals surface area (Å²) in [6, 6.07) is 21.3. The Hall–Kier alpha value is -4.86. The maximum Gasteiger partial charge on any atom is 0.408 e. The number of amides is 3. The van der Waals surface area contributed by atoms with Gasteiger partial charge in [-0.25, -0.2) is 9.59 Å². The lowest BCUT2D eigenvalue weighted by atomic mass is 9.98. The van der Waals surface area contributed by atoms with Gasteiger partial charge in [0.25, 0.3) is 0 Å². The fourth-order valence-electron chi connectivity index (χ4n) is 5.57. The molecule has 10 nitrogen and oxygen atoms in total. The van der Waals surface area contributed by atoms with E-state index in [9.17, 15) is 24.3 Å². The van der Waals surface area contributed by atoms with E-state index in [2.05, 4.69) is 17.6 Å². The van der Waals surface area contributed by atoms with Crippen LogP contribution in [0.5, 0.6) is 5.75 Å². The summed E-state index contributed by atoms with van der Waals surface area (Å²) in [5.41, 5.74) is 0.431. The number of aromatic hydroxyl groups is 1. The first-order valence-electron chi connectivity index (χ1n) is 17.8. The summed E-state index contributed by atoms with van der Waals surface area (Å²) in [6.45, 7) is 12.8. The molecule has 3 rings (SSSR count). The smallest absolute Gasteiger partial charge is 0.408 e. The third-order valence-corrected chi connectivity index (χ3v) is 7.87. The molecule has 3 N–H and O–H groups in total. The topological polar surface area (TPSA) is 134 Å². The predicted octanol–water partition coefficient (Wildman–Crippen LogP) is 7.05. The summed E-state index contributed by atoms with van der Waals surface area (Å²) in [6.07, 6.45) is 2.80. The largest absolute Gasteiger partial charge is 0.508 e. The minimum Gasteiger partial charge on any atom is -0.508 e. The number of rotatable bonds is 16. The molecule has 0 bridgehead atoms. The van der Waals surface area contributed by atoms with E-state index in [1.165, 1.54) is 17.0 Å². The van der Waals surface area contributed by atoms with E-state index in [4.69, 9.17) is 9.47 Å². The van der Waals surface area contributed by atoms with E-state index in [1.54, 1.807) is 77.9 Å². The summed E-state index contributed by atoms with van der Waals surface area (Å²) in [7, 11) is 0. The lowest BCUT2D eigenvalue weighted by Gasteiger charge is -2.35. The van der Waals surface area contributed by atoms with Crippen LogP contribution in [0.25, 0.3) is 0 Å². The highest BCUT2D eigenvalue weighted by atomic mass is 16.6. The monoisotopic (exact) mass is 701 g/mol. The number of phenols is 1. The van der Waals surface area contributed by atoms with Crippen molar-refractivity contribution in [1.82, 2.24) is 15.5 Å². The Morgan fingerprint density at radius 3 is 1.80 bits per heavy atom. The molecule has 0 spiro atoms. The summed E-state index contributed by atoms with van der Waals surface area (Å²) in [5.74, 6) is -1.58. The van der Waals surface area contributed by atoms with Gasteiger partial charge in [0.05, 0.1) is 0 Å². The Morgan fingerprint density at radius 2 is 1.24 bits per heavy atom. The zero-order chi connectivity index (χ0) is 37.6. The molecule has 3 amide bonds. The second-order valence-corrected chi connectivity index (χ2v) is 14.8. The molecule has 0 aliphatic heterocycles. The molecule has 3 aromatic carbocycles. The van der Waals surface area contributed by atoms with Crippen LogP contribution in [-0.4, -0.2) is 63.7 Å². The number of carbonyl (C=O) groups excluding carboxylic acids is 4. The molecule has 3 atom stereocenters. The molecule has 0 saturated heterocycles. The SMILES string of the molecule is CCCCCCN(C(=O)C(Cc1ccc(O)cc1)NC(=O)OC(C)(C)C)C(C(=O)NC(Cc1ccccc1)C(=O)OC(C)(C)C)c1ccccc1. The van der Waals surface area contributed by atoms with Crippen LogP contribution in [0.4, 0.5) is 4.79 Å². The van der Waals surface area contributed by atoms with Gasteiger partial charge in [-0.15, -0.1) is 0 Å². The van der Waals surface area contributed by atoms with Gasteiger partial charge in [-0.1, -0.05) is 99.0 Å². The van der Waals surface area contributed by atoms with Gasteiger partial charge in [-0.05, 0) is 76.8 Å². The van der Waals surface area contributed by atoms with E-state index < -0.39 is 53.2 Å². The minimum absolute atomic E-state index is 0.0649. The average molecular weight is 702 g/mol. The van der Waals surface area contributed by atoms with Gasteiger partial charge in [0.15, 0.2) is 0 Å². The van der Waals surface area contributed by atoms with Crippen LogP contribution in [-0.2, 0) is 36.7 Å². The molecule has 51 heavy (non-hydrogen) atoms. The van der Waals surface area contributed by atoms with Crippen LogP contribution < -0.4 is 10.6 Å². The maximum atomic E-state index is 14.8. The standard InChI is InChI=1S/C41H55N3O7/c1-8-9-10-17-26-44(37(47)33(43-39(49)51-41(5,6)7)27-30-22-24-32(45)25-23-30)35(31-20-15-12-16-21-31)36(46)42-34(38(48)50-40(2,3)4)28-29-18-13-11-14-19-29/h11-16,18-25,33-35,45H,8-10,17,26-28H2,1-7H3,(H,42,46)(H,43,49). The van der Waals surface area contributed by atoms with Gasteiger partial charge in [0.2, 0.25) is 11.8 Å². The quantitative estimate of drug-likeness (QED) is 0.108. The third-order valence-electron chi connectivity index (χ3n) is 7.87. The molecular formula is C41H55N3O7. The summed E-state index contributed by atoms with van der Waals surface area (Å²) >= 11 is 0. The number of esters is 1. The van der Waals surface area contributed by atoms with Crippen molar-refractivity contribution >= 4 is 23.9 Å². The van der Waals surface area contributed by atoms with Crippen molar-refractivity contribution in [3.8, 4) is 5.75 Å². The van der Waals surface area contributed by atoms with Crippen molar-refractivity contribution in [1.29, 1.82) is 0 Å². The van der Waals surface area contributed by atoms with Crippen LogP contribution in [0.1, 0.15) is 96.9 Å². The second kappa shape index (κ2) is 18.9. The highest BCUT2D eigenvalue weighted by Gasteiger charge is 2.38. The van der Waals surface area contributed by atoms with Crippen molar-refractivity contribution in [3.63, 3.8) is 0 Å². The summed E-state index contributed by atoms with van der Waals surface area (Å²) < 4.78 is 11.3. The zero-order valence-electron chi connectivity index (χ0n) is 31.1. The highest BCUT2D eigenvalue weighted by Crippen LogP contribution is 2.26. The van der Waals surface area contributed by atoms with E-state index in [0.29, 0.717) is 17.5 Å². The van der Waals surface area contributed by atoms with Crippen LogP contribution in [0, 0.1) is 0 Å². The van der Waals surface area contributed by atoms with Crippen LogP contribution in [0.3, 0.4) is 0 Å². The second-order valence-electron chi connectivity index (χ2n) is 14.8. The van der Waals surface area contributed by atoms with Gasteiger partial charge >= 0.3 is 12.1 Å². The molecule has 10 heteroatoms. The van der Waals surface area contributed by atoms with Crippen LogP contribution >= 0.6 is 0 Å². The number of nitrogens with one attached hydrogen (secondary N) is 2. The van der Waals surface area contributed by atoms with Crippen molar-refractivity contribution in [2.24, 2.45) is 0 Å². The molecule has 0 aromatic heterocycles. The molecule has 0 fully saturated rings. The Kier molecular flexibility index (Phi) is 15.1. The average Bonchev–Trinajstić information content (AvgIpc) is 3.05. The predicted molar refractivity (Wildman–Crippen MR) is 198 cm³/mol. The molecule has 0 radical (unpaired) electrons. The van der Waals surface area contributed by atoms with Crippen molar-refractivity contribution in [3.05, 3.63) is 102 Å². The number of phenolic OH excluding ortho intramolecular Hbond substituents is 1. The normalized spacial score (nSPS) is 13.3. The summed E-state index contributed by atoms with van der Waals surface area (Å²) in [4.78, 5) is 57.7. The van der Waals surface area contributed by atoms with Gasteiger partial charge < -0.3 is 30.1 Å². The first kappa shape index (κ1) is 40.6. The van der Waals surface area contributed by atoms with Crippen LogP contribution in [0.15, 0.2) is 84.9 Å². The van der Waals surface area contributed by atoms with Gasteiger partial charge in [0, 0.05) is 19.4 Å². The molecule has 0 saturated carbocycles. The number of benzene rings is 3. The molecule has 0 heterocycles. The van der Waals surface area contributed by atoms with E-state index in [1.807, 2.05) is 36.4 Å². The Balaban J connectivity index is 2.09. The first-order chi connectivity index (χ1) is 24.1. The number of hydrogen-bond acceptors (Lipinski definition) is 7. The molecule has 0 aliphatic rings. The molecular weight excluding hydrogens is 646 g/mol. The lowest BCUT2D eigenvalue weighted by molar-refractivity contribution is -0.159. The first-order valence-corrected chi connectivity index (χ1v) is 17.8. The van der Waals surface area contributed by atoms with Crippen LogP contribution in [0.2, 0.25) is 0 Å². The molecule has 3 aromatic rings. The van der Waals surface area contributed by atoms with Crippen molar-refractivity contribution in [2.75, 3.05) is 6.54 Å². The van der Waals surface area contributed by atoms with Gasteiger partial charge in [-0.2, -0.15) is 0 Å². The Morgan fingerprint density at radius 1 is 0.686 bits per heavy atom. The number of nitrogens with zero attached hydrogens (tertiary/aromatic N) is 1. The van der Waals surface area contributed by atoms with Crippen molar-refractivity contribution < 1.29 is 33.8 Å². The number of hydrogen-bond donors (Lipinski definition) is 3. The Labute approximate surface area is 302 Å². The minimum atomic E-state index is -1.15. The van der Waals surface area contributed by atoms with E-state index in [0.717, 1.165) is 24.8 Å². The fraction of sp³-hybridized carbons (Fsp3) is 0.463. The fourth-order valence-corrected chi connectivity index (χ4v) is 5.57. The third kappa shape index (κ3) is 14.1. The van der Waals surface area contributed by atoms with Gasteiger partial charge in [0.1, 0.15) is 35.1 Å². The number of alkyl carbamates (subject to hydrolysis) is 1. The van der Waals surface area contributed by atoms with E-state index >= 15 is 0 Å². The number of ether oxygens (including phenoxy) is 2. The van der Waals surface area contributed by atoms with E-state index in [-0.39, 0.29) is 25.1 Å². The molecule has 276 valence electrons. The highest BCUT2D eigenvalue weighted by molar-refractivity contribution is 5.94. The number of carbonyl (C=O) groups is 4. The molecule has 0 aliphatic carbocycles.